The van der Waals surface area contributed by atoms with Gasteiger partial charge in [-0.25, -0.2) is 0 Å². The summed E-state index contributed by atoms with van der Waals surface area (Å²) in [5, 5.41) is 3.02. The molecule has 0 spiro atoms. The fourth-order valence-electron chi connectivity index (χ4n) is 3.62. The molecule has 3 aromatic rings. The topological polar surface area (TPSA) is 49.4 Å². The Labute approximate surface area is 215 Å². The number of carbonyl (C=O) groups excluding carboxylic acids is 2. The second-order valence-electron chi connectivity index (χ2n) is 8.12. The fraction of sp³-hybridized carbons (Fsp3) is 0.286. The Morgan fingerprint density at radius 3 is 2.12 bits per heavy atom. The maximum absolute atomic E-state index is 13.5. The average molecular weight is 540 g/mol. The number of rotatable bonds is 12. The number of hydrogen-bond acceptors (Lipinski definition) is 3. The van der Waals surface area contributed by atoms with Gasteiger partial charge < -0.3 is 10.2 Å². The summed E-state index contributed by atoms with van der Waals surface area (Å²) in [6.07, 6.45) is 1.33. The van der Waals surface area contributed by atoms with Crippen molar-refractivity contribution in [2.24, 2.45) is 0 Å². The summed E-state index contributed by atoms with van der Waals surface area (Å²) >= 11 is 5.03. The second kappa shape index (κ2) is 14.0. The van der Waals surface area contributed by atoms with Crippen molar-refractivity contribution in [3.8, 4) is 0 Å². The van der Waals surface area contributed by atoms with Crippen molar-refractivity contribution < 1.29 is 9.59 Å². The third-order valence-corrected chi connectivity index (χ3v) is 6.94. The first kappa shape index (κ1) is 26.0. The van der Waals surface area contributed by atoms with Crippen LogP contribution < -0.4 is 5.32 Å². The smallest absolute Gasteiger partial charge is 0.243 e. The molecule has 0 bridgehead atoms. The van der Waals surface area contributed by atoms with E-state index in [-0.39, 0.29) is 11.8 Å². The first-order valence-corrected chi connectivity index (χ1v) is 13.5. The van der Waals surface area contributed by atoms with E-state index >= 15 is 0 Å². The molecule has 0 heterocycles. The Bertz CT molecular complexity index is 1030. The number of halogens is 1. The second-order valence-corrected chi connectivity index (χ2v) is 10.0. The zero-order valence-corrected chi connectivity index (χ0v) is 21.9. The standard InChI is InChI=1S/C28H31BrN2O2S/c1-2-17-30-28(33)26(18-22-9-5-3-6-10-22)31(19-23-11-7-4-8-12-23)27(32)21-34-20-24-13-15-25(29)16-14-24/h3-16,26H,2,17-21H2,1H3,(H,30,33)/t26-/m1/s1. The Balaban J connectivity index is 1.79. The van der Waals surface area contributed by atoms with E-state index in [4.69, 9.17) is 0 Å². The summed E-state index contributed by atoms with van der Waals surface area (Å²) in [6.45, 7) is 3.02. The summed E-state index contributed by atoms with van der Waals surface area (Å²) in [4.78, 5) is 28.5. The molecule has 0 saturated carbocycles. The lowest BCUT2D eigenvalue weighted by Gasteiger charge is -2.31. The number of amides is 2. The molecule has 0 aliphatic carbocycles. The van der Waals surface area contributed by atoms with E-state index in [1.807, 2.05) is 79.7 Å². The lowest BCUT2D eigenvalue weighted by atomic mass is 10.0. The van der Waals surface area contributed by atoms with Gasteiger partial charge in [-0.05, 0) is 35.2 Å². The lowest BCUT2D eigenvalue weighted by Crippen LogP contribution is -2.51. The van der Waals surface area contributed by atoms with E-state index in [0.717, 1.165) is 33.3 Å². The molecule has 3 rings (SSSR count). The van der Waals surface area contributed by atoms with E-state index in [0.29, 0.717) is 25.3 Å². The van der Waals surface area contributed by atoms with Gasteiger partial charge in [0.1, 0.15) is 6.04 Å². The minimum Gasteiger partial charge on any atom is -0.354 e. The van der Waals surface area contributed by atoms with Crippen LogP contribution in [0.5, 0.6) is 0 Å². The molecule has 0 radical (unpaired) electrons. The molecular weight excluding hydrogens is 508 g/mol. The number of benzene rings is 3. The van der Waals surface area contributed by atoms with Gasteiger partial charge in [0.05, 0.1) is 5.75 Å². The van der Waals surface area contributed by atoms with Crippen LogP contribution in [-0.4, -0.2) is 35.1 Å². The highest BCUT2D eigenvalue weighted by Gasteiger charge is 2.30. The van der Waals surface area contributed by atoms with Gasteiger partial charge in [-0.1, -0.05) is 95.7 Å². The summed E-state index contributed by atoms with van der Waals surface area (Å²) in [5.41, 5.74) is 3.21. The van der Waals surface area contributed by atoms with Crippen LogP contribution in [0.2, 0.25) is 0 Å². The van der Waals surface area contributed by atoms with E-state index < -0.39 is 6.04 Å². The van der Waals surface area contributed by atoms with Crippen molar-refractivity contribution in [2.75, 3.05) is 12.3 Å². The molecule has 0 saturated heterocycles. The molecule has 178 valence electrons. The first-order valence-electron chi connectivity index (χ1n) is 11.5. The van der Waals surface area contributed by atoms with Crippen molar-refractivity contribution in [1.29, 1.82) is 0 Å². The van der Waals surface area contributed by atoms with Gasteiger partial charge in [0.15, 0.2) is 0 Å². The van der Waals surface area contributed by atoms with Gasteiger partial charge in [-0.15, -0.1) is 11.8 Å². The fourth-order valence-corrected chi connectivity index (χ4v) is 4.75. The average Bonchev–Trinajstić information content (AvgIpc) is 2.87. The predicted molar refractivity (Wildman–Crippen MR) is 145 cm³/mol. The van der Waals surface area contributed by atoms with Gasteiger partial charge in [0, 0.05) is 29.7 Å². The third-order valence-electron chi connectivity index (χ3n) is 5.42. The predicted octanol–water partition coefficient (Wildman–Crippen LogP) is 5.85. The highest BCUT2D eigenvalue weighted by molar-refractivity contribution is 9.10. The van der Waals surface area contributed by atoms with Crippen LogP contribution in [-0.2, 0) is 28.3 Å². The maximum Gasteiger partial charge on any atom is 0.243 e. The van der Waals surface area contributed by atoms with Gasteiger partial charge in [0.2, 0.25) is 11.8 Å². The van der Waals surface area contributed by atoms with E-state index in [9.17, 15) is 9.59 Å². The molecule has 0 unspecified atom stereocenters. The molecule has 0 aliphatic heterocycles. The maximum atomic E-state index is 13.5. The van der Waals surface area contributed by atoms with Crippen LogP contribution in [0.25, 0.3) is 0 Å². The molecule has 34 heavy (non-hydrogen) atoms. The molecular formula is C28H31BrN2O2S. The highest BCUT2D eigenvalue weighted by atomic mass is 79.9. The SMILES string of the molecule is CCCNC(=O)[C@@H](Cc1ccccc1)N(Cc1ccccc1)C(=O)CSCc1ccc(Br)cc1. The van der Waals surface area contributed by atoms with Gasteiger partial charge >= 0.3 is 0 Å². The molecule has 1 N–H and O–H groups in total. The largest absolute Gasteiger partial charge is 0.354 e. The van der Waals surface area contributed by atoms with Gasteiger partial charge in [-0.3, -0.25) is 9.59 Å². The van der Waals surface area contributed by atoms with Gasteiger partial charge in [-0.2, -0.15) is 0 Å². The van der Waals surface area contributed by atoms with E-state index in [1.54, 1.807) is 16.7 Å². The summed E-state index contributed by atoms with van der Waals surface area (Å²) in [7, 11) is 0. The molecule has 6 heteroatoms. The molecule has 2 amide bonds. The van der Waals surface area contributed by atoms with Crippen LogP contribution >= 0.6 is 27.7 Å². The highest BCUT2D eigenvalue weighted by Crippen LogP contribution is 2.19. The number of nitrogens with one attached hydrogen (secondary N) is 1. The third kappa shape index (κ3) is 8.33. The first-order chi connectivity index (χ1) is 16.6. The molecule has 0 fully saturated rings. The number of nitrogens with zero attached hydrogens (tertiary/aromatic N) is 1. The van der Waals surface area contributed by atoms with Crippen LogP contribution in [0.4, 0.5) is 0 Å². The quantitative estimate of drug-likeness (QED) is 0.314. The number of carbonyl (C=O) groups is 2. The Kier molecular flexibility index (Phi) is 10.7. The summed E-state index contributed by atoms with van der Waals surface area (Å²) in [6, 6.07) is 27.3. The number of hydrogen-bond donors (Lipinski definition) is 1. The molecule has 0 aliphatic rings. The molecule has 4 nitrogen and oxygen atoms in total. The minimum atomic E-state index is -0.574. The Morgan fingerprint density at radius 2 is 1.50 bits per heavy atom. The monoisotopic (exact) mass is 538 g/mol. The molecule has 0 aromatic heterocycles. The van der Waals surface area contributed by atoms with E-state index in [1.165, 1.54) is 0 Å². The van der Waals surface area contributed by atoms with Crippen molar-refractivity contribution >= 4 is 39.5 Å². The van der Waals surface area contributed by atoms with Crippen LogP contribution in [0.3, 0.4) is 0 Å². The van der Waals surface area contributed by atoms with Crippen molar-refractivity contribution in [3.63, 3.8) is 0 Å². The Hall–Kier alpha value is -2.57. The molecule has 3 aromatic carbocycles. The zero-order chi connectivity index (χ0) is 24.2. The van der Waals surface area contributed by atoms with Crippen molar-refractivity contribution in [3.05, 3.63) is 106 Å². The van der Waals surface area contributed by atoms with E-state index in [2.05, 4.69) is 33.4 Å². The summed E-state index contributed by atoms with van der Waals surface area (Å²) in [5.74, 6) is 0.921. The Morgan fingerprint density at radius 1 is 0.882 bits per heavy atom. The van der Waals surface area contributed by atoms with Gasteiger partial charge in [0.25, 0.3) is 0 Å². The lowest BCUT2D eigenvalue weighted by molar-refractivity contribution is -0.139. The van der Waals surface area contributed by atoms with Crippen LogP contribution in [0.15, 0.2) is 89.4 Å². The molecule has 1 atom stereocenters. The minimum absolute atomic E-state index is 0.0291. The summed E-state index contributed by atoms with van der Waals surface area (Å²) < 4.78 is 1.04. The zero-order valence-electron chi connectivity index (χ0n) is 19.5. The number of thioether (sulfide) groups is 1. The van der Waals surface area contributed by atoms with Crippen LogP contribution in [0.1, 0.15) is 30.0 Å². The van der Waals surface area contributed by atoms with Crippen molar-refractivity contribution in [2.45, 2.75) is 38.1 Å². The van der Waals surface area contributed by atoms with Crippen LogP contribution in [0, 0.1) is 0 Å². The normalized spacial score (nSPS) is 11.6. The van der Waals surface area contributed by atoms with Crippen molar-refractivity contribution in [1.82, 2.24) is 10.2 Å².